The maximum atomic E-state index is 13.9. The van der Waals surface area contributed by atoms with Gasteiger partial charge in [-0.25, -0.2) is 15.0 Å². The van der Waals surface area contributed by atoms with Crippen molar-refractivity contribution in [2.75, 3.05) is 11.1 Å². The van der Waals surface area contributed by atoms with Crippen molar-refractivity contribution >= 4 is 77.2 Å². The second-order valence-corrected chi connectivity index (χ2v) is 11.6. The van der Waals surface area contributed by atoms with Crippen molar-refractivity contribution in [1.82, 2.24) is 24.4 Å². The highest BCUT2D eigenvalue weighted by Crippen LogP contribution is 2.59. The third-order valence-electron chi connectivity index (χ3n) is 7.40. The molecule has 4 aromatic rings. The summed E-state index contributed by atoms with van der Waals surface area (Å²) in [6, 6.07) is 8.78. The van der Waals surface area contributed by atoms with Gasteiger partial charge in [0.15, 0.2) is 0 Å². The van der Waals surface area contributed by atoms with E-state index in [1.165, 1.54) is 6.33 Å². The van der Waals surface area contributed by atoms with E-state index in [0.29, 0.717) is 28.3 Å². The summed E-state index contributed by atoms with van der Waals surface area (Å²) >= 11 is 6.90. The summed E-state index contributed by atoms with van der Waals surface area (Å²) in [7, 11) is 0. The fraction of sp³-hybridized carbons (Fsp3) is 0.320. The first kappa shape index (κ1) is 23.4. The zero-order valence-electron chi connectivity index (χ0n) is 19.6. The van der Waals surface area contributed by atoms with Crippen LogP contribution in [0.2, 0.25) is 0 Å². The van der Waals surface area contributed by atoms with Crippen molar-refractivity contribution in [2.45, 2.75) is 45.3 Å². The molecule has 1 aliphatic heterocycles. The highest BCUT2D eigenvalue weighted by atomic mass is 79.9. The van der Waals surface area contributed by atoms with Crippen molar-refractivity contribution in [3.63, 3.8) is 0 Å². The molecule has 2 fully saturated rings. The lowest BCUT2D eigenvalue weighted by Crippen LogP contribution is -2.46. The van der Waals surface area contributed by atoms with Crippen LogP contribution in [-0.4, -0.2) is 48.3 Å². The van der Waals surface area contributed by atoms with Crippen LogP contribution in [0.25, 0.3) is 21.9 Å². The molecule has 1 aliphatic carbocycles. The summed E-state index contributed by atoms with van der Waals surface area (Å²) in [4.78, 5) is 41.9. The van der Waals surface area contributed by atoms with E-state index in [1.807, 2.05) is 23.6 Å². The molecule has 184 valence electrons. The maximum Gasteiger partial charge on any atom is 0.248 e. The monoisotopic (exact) mass is 611 g/mol. The Hall–Kier alpha value is -3.05. The van der Waals surface area contributed by atoms with Gasteiger partial charge in [-0.15, -0.1) is 0 Å². The minimum atomic E-state index is -0.565. The van der Waals surface area contributed by atoms with Crippen molar-refractivity contribution < 1.29 is 9.59 Å². The van der Waals surface area contributed by atoms with Gasteiger partial charge in [0.25, 0.3) is 0 Å². The number of anilines is 2. The number of nitrogens with two attached hydrogens (primary N) is 1. The van der Waals surface area contributed by atoms with Gasteiger partial charge < -0.3 is 20.5 Å². The number of likely N-dealkylation sites (tertiary alicyclic amines) is 1. The largest absolute Gasteiger partial charge is 0.383 e. The van der Waals surface area contributed by atoms with E-state index in [-0.39, 0.29) is 29.8 Å². The second-order valence-electron chi connectivity index (χ2n) is 9.89. The van der Waals surface area contributed by atoms with E-state index in [2.05, 4.69) is 59.1 Å². The van der Waals surface area contributed by atoms with Crippen LogP contribution in [-0.2, 0) is 16.1 Å². The molecule has 9 nitrogen and oxygen atoms in total. The van der Waals surface area contributed by atoms with E-state index in [0.717, 1.165) is 32.7 Å². The molecule has 3 aromatic heterocycles. The number of nitrogen functional groups attached to an aromatic ring is 1. The minimum Gasteiger partial charge on any atom is -0.383 e. The minimum absolute atomic E-state index is 0.0410. The molecule has 1 saturated heterocycles. The number of hydrogen-bond donors (Lipinski definition) is 2. The van der Waals surface area contributed by atoms with E-state index in [1.54, 1.807) is 23.1 Å². The van der Waals surface area contributed by atoms with E-state index in [4.69, 9.17) is 5.73 Å². The van der Waals surface area contributed by atoms with Gasteiger partial charge in [0.1, 0.15) is 40.8 Å². The number of amides is 2. The number of benzene rings is 1. The van der Waals surface area contributed by atoms with Crippen molar-refractivity contribution in [3.8, 4) is 0 Å². The predicted molar refractivity (Wildman–Crippen MR) is 144 cm³/mol. The molecule has 1 saturated carbocycles. The van der Waals surface area contributed by atoms with Crippen LogP contribution in [0, 0.1) is 12.3 Å². The van der Waals surface area contributed by atoms with Gasteiger partial charge in [0.2, 0.25) is 11.8 Å². The molecular formula is C25H23Br2N7O2. The number of aromatic nitrogens is 4. The van der Waals surface area contributed by atoms with Gasteiger partial charge in [-0.3, -0.25) is 9.59 Å². The molecule has 4 heterocycles. The van der Waals surface area contributed by atoms with E-state index >= 15 is 0 Å². The average molecular weight is 613 g/mol. The number of piperidine rings is 1. The topological polar surface area (TPSA) is 119 Å². The summed E-state index contributed by atoms with van der Waals surface area (Å²) in [5, 5.41) is 4.49. The summed E-state index contributed by atoms with van der Waals surface area (Å²) < 4.78 is 3.44. The lowest BCUT2D eigenvalue weighted by atomic mass is 10.0. The van der Waals surface area contributed by atoms with Crippen LogP contribution < -0.4 is 11.1 Å². The molecule has 1 aromatic carbocycles. The fourth-order valence-electron chi connectivity index (χ4n) is 5.66. The molecule has 2 amide bonds. The van der Waals surface area contributed by atoms with E-state index in [9.17, 15) is 9.59 Å². The molecule has 3 atom stereocenters. The Balaban J connectivity index is 1.37. The number of aryl methyl sites for hydroxylation is 1. The third kappa shape index (κ3) is 3.67. The Kier molecular flexibility index (Phi) is 5.34. The fourth-order valence-corrected chi connectivity index (χ4v) is 6.58. The van der Waals surface area contributed by atoms with E-state index < -0.39 is 6.04 Å². The summed E-state index contributed by atoms with van der Waals surface area (Å²) in [6.07, 6.45) is 2.93. The molecule has 0 spiro atoms. The van der Waals surface area contributed by atoms with Gasteiger partial charge in [0.05, 0.1) is 10.9 Å². The third-order valence-corrected chi connectivity index (χ3v) is 8.30. The zero-order valence-corrected chi connectivity index (χ0v) is 22.8. The number of pyridine rings is 1. The first-order valence-electron chi connectivity index (χ1n) is 11.6. The number of nitrogens with one attached hydrogen (secondary N) is 1. The first-order chi connectivity index (χ1) is 17.2. The van der Waals surface area contributed by atoms with Crippen molar-refractivity contribution in [1.29, 1.82) is 0 Å². The molecule has 1 unspecified atom stereocenters. The van der Waals surface area contributed by atoms with Crippen LogP contribution in [0.15, 0.2) is 45.7 Å². The highest BCUT2D eigenvalue weighted by molar-refractivity contribution is 9.10. The second kappa shape index (κ2) is 8.24. The van der Waals surface area contributed by atoms with Gasteiger partial charge in [-0.2, -0.15) is 0 Å². The molecule has 0 radical (unpaired) electrons. The Bertz CT molecular complexity index is 1590. The number of hydrogen-bond acceptors (Lipinski definition) is 6. The predicted octanol–water partition coefficient (Wildman–Crippen LogP) is 4.41. The van der Waals surface area contributed by atoms with Crippen LogP contribution in [0.3, 0.4) is 0 Å². The van der Waals surface area contributed by atoms with Crippen molar-refractivity contribution in [2.24, 2.45) is 5.41 Å². The molecule has 3 N–H and O–H groups in total. The molecule has 11 heteroatoms. The first-order valence-corrected chi connectivity index (χ1v) is 13.2. The number of rotatable bonds is 4. The smallest absolute Gasteiger partial charge is 0.248 e. The number of halogens is 2. The zero-order chi connectivity index (χ0) is 25.4. The number of carbonyl (C=O) groups excluding carboxylic acids is 2. The molecular weight excluding hydrogens is 590 g/mol. The van der Waals surface area contributed by atoms with Gasteiger partial charge in [-0.1, -0.05) is 28.9 Å². The normalized spacial score (nSPS) is 22.7. The number of nitrogens with zero attached hydrogens (tertiary/aromatic N) is 5. The quantitative estimate of drug-likeness (QED) is 0.330. The van der Waals surface area contributed by atoms with Crippen LogP contribution in [0.5, 0.6) is 0 Å². The van der Waals surface area contributed by atoms with Crippen LogP contribution in [0.1, 0.15) is 25.3 Å². The van der Waals surface area contributed by atoms with Gasteiger partial charge in [0, 0.05) is 15.9 Å². The summed E-state index contributed by atoms with van der Waals surface area (Å²) in [5.41, 5.74) is 8.66. The highest BCUT2D eigenvalue weighted by Gasteiger charge is 2.64. The molecule has 0 bridgehead atoms. The molecule has 2 aliphatic rings. The Morgan fingerprint density at radius 2 is 2.03 bits per heavy atom. The summed E-state index contributed by atoms with van der Waals surface area (Å²) in [5.74, 6) is 0.463. The van der Waals surface area contributed by atoms with Crippen LogP contribution >= 0.6 is 31.9 Å². The van der Waals surface area contributed by atoms with Gasteiger partial charge >= 0.3 is 0 Å². The lowest BCUT2D eigenvalue weighted by molar-refractivity contribution is -0.138. The standard InChI is InChI=1S/C25H23Br2N7O2/c1-12-6-13(26)7-14-20-22(28)29-11-30-23(20)33(21(12)14)10-19(35)34-15(8-25(2)9-16(25)34)24(36)32-18-5-3-4-17(27)31-18/h3-7,11,15-16H,8-10H2,1-2H3,(H2,28,29,30)(H,31,32,36)/t15-,16?,25-/m0/s1. The van der Waals surface area contributed by atoms with Crippen molar-refractivity contribution in [3.05, 3.63) is 51.3 Å². The van der Waals surface area contributed by atoms with Crippen LogP contribution in [0.4, 0.5) is 11.6 Å². The summed E-state index contributed by atoms with van der Waals surface area (Å²) in [6.45, 7) is 4.18. The molecule has 36 heavy (non-hydrogen) atoms. The number of fused-ring (bicyclic) bond motifs is 4. The lowest BCUT2D eigenvalue weighted by Gasteiger charge is -2.27. The Labute approximate surface area is 223 Å². The Morgan fingerprint density at radius 3 is 2.81 bits per heavy atom. The maximum absolute atomic E-state index is 13.9. The number of carbonyl (C=O) groups is 2. The average Bonchev–Trinajstić information content (AvgIpc) is 3.21. The SMILES string of the molecule is Cc1cc(Br)cc2c3c(N)ncnc3n(CC(=O)N3C4C[C@]4(C)C[C@H]3C(=O)Nc3cccc(Br)n3)c12. The molecule has 6 rings (SSSR count). The Morgan fingerprint density at radius 1 is 1.22 bits per heavy atom. The van der Waals surface area contributed by atoms with Gasteiger partial charge in [-0.05, 0) is 70.9 Å².